The predicted octanol–water partition coefficient (Wildman–Crippen LogP) is 5.92. The van der Waals surface area contributed by atoms with Gasteiger partial charge < -0.3 is 20.1 Å². The summed E-state index contributed by atoms with van der Waals surface area (Å²) in [6, 6.07) is 21.8. The monoisotopic (exact) mass is 429 g/mol. The fraction of sp³-hybridized carbons (Fsp3) is 0.231. The van der Waals surface area contributed by atoms with E-state index in [0.29, 0.717) is 28.7 Å². The second kappa shape index (κ2) is 10.4. The summed E-state index contributed by atoms with van der Waals surface area (Å²) >= 11 is 0. The molecule has 3 aromatic rings. The van der Waals surface area contributed by atoms with Gasteiger partial charge in [-0.05, 0) is 60.9 Å². The van der Waals surface area contributed by atoms with Crippen molar-refractivity contribution < 1.29 is 14.3 Å². The standard InChI is InChI=1S/C26H27N3O3/c1-17(2)22-7-5-6-8-23(22)29-26(30)18(3)28-20-10-12-21(13-11-20)32-24-14-9-19(16-27)15-25(24)31-4/h5-15,17-18,28H,1-4H3,(H,29,30). The third kappa shape index (κ3) is 5.58. The van der Waals surface area contributed by atoms with Crippen LogP contribution in [0.5, 0.6) is 17.2 Å². The predicted molar refractivity (Wildman–Crippen MR) is 126 cm³/mol. The van der Waals surface area contributed by atoms with Gasteiger partial charge in [0.15, 0.2) is 11.5 Å². The number of hydrogen-bond donors (Lipinski definition) is 2. The lowest BCUT2D eigenvalue weighted by molar-refractivity contribution is -0.116. The van der Waals surface area contributed by atoms with Crippen LogP contribution in [-0.4, -0.2) is 19.1 Å². The van der Waals surface area contributed by atoms with Crippen LogP contribution in [0.2, 0.25) is 0 Å². The SMILES string of the molecule is COc1cc(C#N)ccc1Oc1ccc(NC(C)C(=O)Nc2ccccc2C(C)C)cc1. The van der Waals surface area contributed by atoms with Gasteiger partial charge in [-0.15, -0.1) is 0 Å². The molecular weight excluding hydrogens is 402 g/mol. The summed E-state index contributed by atoms with van der Waals surface area (Å²) in [5.41, 5.74) is 3.23. The van der Waals surface area contributed by atoms with Gasteiger partial charge in [-0.2, -0.15) is 5.26 Å². The summed E-state index contributed by atoms with van der Waals surface area (Å²) in [4.78, 5) is 12.7. The highest BCUT2D eigenvalue weighted by atomic mass is 16.5. The van der Waals surface area contributed by atoms with E-state index in [1.165, 1.54) is 7.11 Å². The van der Waals surface area contributed by atoms with Crippen molar-refractivity contribution in [1.29, 1.82) is 5.26 Å². The minimum atomic E-state index is -0.430. The lowest BCUT2D eigenvalue weighted by atomic mass is 10.0. The third-order valence-electron chi connectivity index (χ3n) is 4.99. The van der Waals surface area contributed by atoms with Crippen LogP contribution in [-0.2, 0) is 4.79 Å². The molecule has 6 nitrogen and oxygen atoms in total. The van der Waals surface area contributed by atoms with Gasteiger partial charge in [-0.1, -0.05) is 32.0 Å². The van der Waals surface area contributed by atoms with Gasteiger partial charge >= 0.3 is 0 Å². The van der Waals surface area contributed by atoms with Gasteiger partial charge in [-0.25, -0.2) is 0 Å². The lowest BCUT2D eigenvalue weighted by Crippen LogP contribution is -2.32. The average Bonchev–Trinajstić information content (AvgIpc) is 2.80. The Kier molecular flexibility index (Phi) is 7.35. The van der Waals surface area contributed by atoms with E-state index in [2.05, 4.69) is 30.6 Å². The number of carbonyl (C=O) groups excluding carboxylic acids is 1. The molecule has 0 saturated carbocycles. The first kappa shape index (κ1) is 22.7. The minimum absolute atomic E-state index is 0.110. The van der Waals surface area contributed by atoms with Gasteiger partial charge in [0.25, 0.3) is 0 Å². The Hall–Kier alpha value is -3.98. The molecular formula is C26H27N3O3. The highest BCUT2D eigenvalue weighted by molar-refractivity contribution is 5.96. The molecule has 0 aliphatic rings. The molecule has 0 saturated heterocycles. The number of nitriles is 1. The Morgan fingerprint density at radius 2 is 1.69 bits per heavy atom. The summed E-state index contributed by atoms with van der Waals surface area (Å²) in [5, 5.41) is 15.2. The minimum Gasteiger partial charge on any atom is -0.493 e. The maximum atomic E-state index is 12.7. The molecule has 1 amide bonds. The first-order valence-corrected chi connectivity index (χ1v) is 10.4. The number of ether oxygens (including phenoxy) is 2. The summed E-state index contributed by atoms with van der Waals surface area (Å²) in [7, 11) is 1.53. The molecule has 6 heteroatoms. The van der Waals surface area contributed by atoms with Crippen molar-refractivity contribution in [2.75, 3.05) is 17.7 Å². The largest absolute Gasteiger partial charge is 0.493 e. The van der Waals surface area contributed by atoms with E-state index in [9.17, 15) is 4.79 Å². The fourth-order valence-corrected chi connectivity index (χ4v) is 3.24. The first-order chi connectivity index (χ1) is 15.4. The van der Waals surface area contributed by atoms with Crippen LogP contribution in [0.3, 0.4) is 0 Å². The zero-order valence-corrected chi connectivity index (χ0v) is 18.7. The number of nitrogens with one attached hydrogen (secondary N) is 2. The molecule has 32 heavy (non-hydrogen) atoms. The van der Waals surface area contributed by atoms with Gasteiger partial charge in [0.05, 0.1) is 18.7 Å². The van der Waals surface area contributed by atoms with E-state index in [0.717, 1.165) is 16.9 Å². The molecule has 3 rings (SSSR count). The molecule has 0 fully saturated rings. The molecule has 0 aliphatic carbocycles. The van der Waals surface area contributed by atoms with Crippen LogP contribution in [0.4, 0.5) is 11.4 Å². The molecule has 1 unspecified atom stereocenters. The lowest BCUT2D eigenvalue weighted by Gasteiger charge is -2.18. The molecule has 0 bridgehead atoms. The topological polar surface area (TPSA) is 83.4 Å². The van der Waals surface area contributed by atoms with Crippen LogP contribution in [0.15, 0.2) is 66.7 Å². The Morgan fingerprint density at radius 1 is 0.969 bits per heavy atom. The van der Waals surface area contributed by atoms with Gasteiger partial charge in [0.1, 0.15) is 11.8 Å². The smallest absolute Gasteiger partial charge is 0.246 e. The highest BCUT2D eigenvalue weighted by Crippen LogP contribution is 2.32. The average molecular weight is 430 g/mol. The third-order valence-corrected chi connectivity index (χ3v) is 4.99. The molecule has 0 spiro atoms. The molecule has 3 aromatic carbocycles. The number of hydrogen-bond acceptors (Lipinski definition) is 5. The van der Waals surface area contributed by atoms with E-state index in [1.807, 2.05) is 43.3 Å². The zero-order valence-electron chi connectivity index (χ0n) is 18.7. The van der Waals surface area contributed by atoms with Crippen molar-refractivity contribution in [2.24, 2.45) is 0 Å². The van der Waals surface area contributed by atoms with Crippen LogP contribution in [0.1, 0.15) is 37.8 Å². The zero-order chi connectivity index (χ0) is 23.1. The summed E-state index contributed by atoms with van der Waals surface area (Å²) in [6.45, 7) is 6.02. The summed E-state index contributed by atoms with van der Waals surface area (Å²) in [5.74, 6) is 1.82. The number of rotatable bonds is 8. The Bertz CT molecular complexity index is 1120. The molecule has 2 N–H and O–H groups in total. The summed E-state index contributed by atoms with van der Waals surface area (Å²) in [6.07, 6.45) is 0. The van der Waals surface area contributed by atoms with E-state index >= 15 is 0 Å². The van der Waals surface area contributed by atoms with Crippen molar-refractivity contribution in [3.05, 3.63) is 77.9 Å². The number of nitrogens with zero attached hydrogens (tertiary/aromatic N) is 1. The molecule has 164 valence electrons. The fourth-order valence-electron chi connectivity index (χ4n) is 3.24. The van der Waals surface area contributed by atoms with Gasteiger partial charge in [0, 0.05) is 17.4 Å². The number of amides is 1. The van der Waals surface area contributed by atoms with Crippen molar-refractivity contribution >= 4 is 17.3 Å². The van der Waals surface area contributed by atoms with Gasteiger partial charge in [-0.3, -0.25) is 4.79 Å². The maximum Gasteiger partial charge on any atom is 0.246 e. The molecule has 1 atom stereocenters. The number of anilines is 2. The second-order valence-electron chi connectivity index (χ2n) is 7.70. The maximum absolute atomic E-state index is 12.7. The second-order valence-corrected chi connectivity index (χ2v) is 7.70. The molecule has 0 heterocycles. The number of para-hydroxylation sites is 1. The highest BCUT2D eigenvalue weighted by Gasteiger charge is 2.15. The van der Waals surface area contributed by atoms with Crippen molar-refractivity contribution in [3.8, 4) is 23.3 Å². The van der Waals surface area contributed by atoms with Crippen molar-refractivity contribution in [3.63, 3.8) is 0 Å². The Morgan fingerprint density at radius 3 is 2.34 bits per heavy atom. The number of methoxy groups -OCH3 is 1. The van der Waals surface area contributed by atoms with Crippen LogP contribution >= 0.6 is 0 Å². The van der Waals surface area contributed by atoms with Crippen LogP contribution in [0.25, 0.3) is 0 Å². The Balaban J connectivity index is 1.63. The quantitative estimate of drug-likeness (QED) is 0.464. The van der Waals surface area contributed by atoms with Crippen molar-refractivity contribution in [2.45, 2.75) is 32.7 Å². The summed E-state index contributed by atoms with van der Waals surface area (Å²) < 4.78 is 11.2. The number of carbonyl (C=O) groups is 1. The van der Waals surface area contributed by atoms with Gasteiger partial charge in [0.2, 0.25) is 5.91 Å². The first-order valence-electron chi connectivity index (χ1n) is 10.4. The van der Waals surface area contributed by atoms with Crippen LogP contribution < -0.4 is 20.1 Å². The molecule has 0 aromatic heterocycles. The normalized spacial score (nSPS) is 11.4. The van der Waals surface area contributed by atoms with Crippen LogP contribution in [0, 0.1) is 11.3 Å². The van der Waals surface area contributed by atoms with E-state index in [-0.39, 0.29) is 5.91 Å². The molecule has 0 aliphatic heterocycles. The van der Waals surface area contributed by atoms with E-state index < -0.39 is 6.04 Å². The number of benzene rings is 3. The van der Waals surface area contributed by atoms with E-state index in [1.54, 1.807) is 30.3 Å². The van der Waals surface area contributed by atoms with Crippen molar-refractivity contribution in [1.82, 2.24) is 0 Å². The molecule has 0 radical (unpaired) electrons. The Labute approximate surface area is 188 Å². The van der Waals surface area contributed by atoms with E-state index in [4.69, 9.17) is 14.7 Å².